The van der Waals surface area contributed by atoms with Gasteiger partial charge in [0.05, 0.1) is 10.8 Å². The van der Waals surface area contributed by atoms with E-state index in [1.54, 1.807) is 13.8 Å². The van der Waals surface area contributed by atoms with E-state index < -0.39 is 31.8 Å². The molecule has 1 amide bonds. The van der Waals surface area contributed by atoms with E-state index in [2.05, 4.69) is 21.2 Å². The van der Waals surface area contributed by atoms with E-state index in [4.69, 9.17) is 0 Å². The van der Waals surface area contributed by atoms with Crippen LogP contribution in [0.2, 0.25) is 0 Å². The van der Waals surface area contributed by atoms with Gasteiger partial charge in [-0.15, -0.1) is 0 Å². The van der Waals surface area contributed by atoms with Gasteiger partial charge in [-0.1, -0.05) is 28.1 Å². The number of halogens is 1. The van der Waals surface area contributed by atoms with Crippen molar-refractivity contribution in [2.24, 2.45) is 0 Å². The predicted molar refractivity (Wildman–Crippen MR) is 91.3 cm³/mol. The van der Waals surface area contributed by atoms with Crippen LogP contribution in [-0.2, 0) is 20.2 Å². The van der Waals surface area contributed by atoms with E-state index in [9.17, 15) is 13.2 Å². The van der Waals surface area contributed by atoms with E-state index in [1.165, 1.54) is 6.92 Å². The van der Waals surface area contributed by atoms with E-state index in [0.29, 0.717) is 0 Å². The molecule has 122 valence electrons. The zero-order valence-corrected chi connectivity index (χ0v) is 15.5. The highest BCUT2D eigenvalue weighted by Gasteiger charge is 2.42. The lowest BCUT2D eigenvalue weighted by Crippen LogP contribution is -2.54. The van der Waals surface area contributed by atoms with Crippen molar-refractivity contribution in [2.45, 2.75) is 56.1 Å². The molecule has 1 aliphatic carbocycles. The van der Waals surface area contributed by atoms with Crippen LogP contribution in [0.25, 0.3) is 0 Å². The molecule has 0 heterocycles. The number of hydrogen-bond acceptors (Lipinski definition) is 3. The lowest BCUT2D eigenvalue weighted by molar-refractivity contribution is -0.123. The van der Waals surface area contributed by atoms with E-state index in [-0.39, 0.29) is 0 Å². The molecule has 1 N–H and O–H groups in total. The summed E-state index contributed by atoms with van der Waals surface area (Å²) in [5.74, 6) is -0.409. The summed E-state index contributed by atoms with van der Waals surface area (Å²) in [6.07, 6.45) is 2.70. The zero-order chi connectivity index (χ0) is 16.5. The van der Waals surface area contributed by atoms with Crippen LogP contribution in [0.1, 0.15) is 45.6 Å². The maximum absolute atomic E-state index is 12.5. The molecule has 1 saturated carbocycles. The summed E-state index contributed by atoms with van der Waals surface area (Å²) in [4.78, 5) is 12.5. The quantitative estimate of drug-likeness (QED) is 0.843. The SMILES string of the molecule is CC(C)S(=O)(=O)[C@@H](C)C(=O)NC1(c2cccc(Br)c2)CCC1. The van der Waals surface area contributed by atoms with Crippen LogP contribution in [0.15, 0.2) is 28.7 Å². The van der Waals surface area contributed by atoms with Gasteiger partial charge in [-0.25, -0.2) is 8.42 Å². The van der Waals surface area contributed by atoms with Crippen molar-refractivity contribution >= 4 is 31.7 Å². The van der Waals surface area contributed by atoms with Crippen LogP contribution in [0.4, 0.5) is 0 Å². The molecule has 22 heavy (non-hydrogen) atoms. The maximum Gasteiger partial charge on any atom is 0.238 e. The van der Waals surface area contributed by atoms with E-state index >= 15 is 0 Å². The van der Waals surface area contributed by atoms with E-state index in [0.717, 1.165) is 29.3 Å². The molecule has 0 unspecified atom stereocenters. The minimum absolute atomic E-state index is 0.409. The van der Waals surface area contributed by atoms with Gasteiger partial charge in [-0.05, 0) is 57.7 Å². The third-order valence-electron chi connectivity index (χ3n) is 4.47. The molecule has 1 aromatic carbocycles. The van der Waals surface area contributed by atoms with Gasteiger partial charge in [-0.3, -0.25) is 4.79 Å². The summed E-state index contributed by atoms with van der Waals surface area (Å²) in [7, 11) is -3.44. The average Bonchev–Trinajstić information content (AvgIpc) is 2.41. The van der Waals surface area contributed by atoms with Crippen molar-refractivity contribution in [2.75, 3.05) is 0 Å². The van der Waals surface area contributed by atoms with Crippen LogP contribution < -0.4 is 5.32 Å². The Kier molecular flexibility index (Phi) is 5.02. The second-order valence-corrected chi connectivity index (χ2v) is 9.96. The monoisotopic (exact) mass is 387 g/mol. The van der Waals surface area contributed by atoms with Gasteiger partial charge in [0.15, 0.2) is 9.84 Å². The molecule has 1 atom stereocenters. The van der Waals surface area contributed by atoms with Crippen molar-refractivity contribution in [3.63, 3.8) is 0 Å². The van der Waals surface area contributed by atoms with Gasteiger partial charge in [0.2, 0.25) is 5.91 Å². The first-order valence-corrected chi connectivity index (χ1v) is 9.90. The molecule has 0 saturated heterocycles. The second-order valence-electron chi connectivity index (χ2n) is 6.22. The number of sulfone groups is 1. The van der Waals surface area contributed by atoms with Crippen molar-refractivity contribution < 1.29 is 13.2 Å². The number of hydrogen-bond donors (Lipinski definition) is 1. The van der Waals surface area contributed by atoms with Gasteiger partial charge in [-0.2, -0.15) is 0 Å². The third-order valence-corrected chi connectivity index (χ3v) is 7.47. The molecule has 0 aliphatic heterocycles. The molecule has 0 radical (unpaired) electrons. The predicted octanol–water partition coefficient (Wildman–Crippen LogP) is 3.16. The van der Waals surface area contributed by atoms with Gasteiger partial charge >= 0.3 is 0 Å². The minimum Gasteiger partial charge on any atom is -0.345 e. The fourth-order valence-electron chi connectivity index (χ4n) is 2.70. The molecule has 0 aromatic heterocycles. The Balaban J connectivity index is 2.22. The fourth-order valence-corrected chi connectivity index (χ4v) is 4.27. The number of nitrogens with one attached hydrogen (secondary N) is 1. The first-order valence-electron chi connectivity index (χ1n) is 7.50. The molecule has 0 spiro atoms. The standard InChI is InChI=1S/C16H22BrNO3S/c1-11(2)22(20,21)12(3)15(19)18-16(8-5-9-16)13-6-4-7-14(17)10-13/h4,6-7,10-12H,5,8-9H2,1-3H3,(H,18,19)/t12-/m0/s1. The highest BCUT2D eigenvalue weighted by molar-refractivity contribution is 9.10. The van der Waals surface area contributed by atoms with Crippen LogP contribution in [0.5, 0.6) is 0 Å². The molecule has 1 fully saturated rings. The summed E-state index contributed by atoms with van der Waals surface area (Å²) >= 11 is 3.45. The summed E-state index contributed by atoms with van der Waals surface area (Å²) < 4.78 is 25.3. The molecule has 0 bridgehead atoms. The van der Waals surface area contributed by atoms with Crippen molar-refractivity contribution in [3.05, 3.63) is 34.3 Å². The summed E-state index contributed by atoms with van der Waals surface area (Å²) in [5.41, 5.74) is 0.595. The average molecular weight is 388 g/mol. The Morgan fingerprint density at radius 3 is 2.36 bits per heavy atom. The normalized spacial score (nSPS) is 18.6. The molecule has 4 nitrogen and oxygen atoms in total. The van der Waals surface area contributed by atoms with Crippen LogP contribution in [-0.4, -0.2) is 24.8 Å². The van der Waals surface area contributed by atoms with Gasteiger partial charge in [0.25, 0.3) is 0 Å². The second kappa shape index (κ2) is 6.32. The lowest BCUT2D eigenvalue weighted by Gasteiger charge is -2.43. The molecule has 1 aromatic rings. The Bertz CT molecular complexity index is 666. The Morgan fingerprint density at radius 2 is 1.91 bits per heavy atom. The van der Waals surface area contributed by atoms with Crippen molar-refractivity contribution in [1.29, 1.82) is 0 Å². The molecular weight excluding hydrogens is 366 g/mol. The summed E-state index contributed by atoms with van der Waals surface area (Å²) in [6.45, 7) is 4.68. The van der Waals surface area contributed by atoms with Crippen LogP contribution >= 0.6 is 15.9 Å². The largest absolute Gasteiger partial charge is 0.345 e. The number of carbonyl (C=O) groups excluding carboxylic acids is 1. The molecular formula is C16H22BrNO3S. The number of carbonyl (C=O) groups is 1. The maximum atomic E-state index is 12.5. The molecule has 1 aliphatic rings. The zero-order valence-electron chi connectivity index (χ0n) is 13.1. The lowest BCUT2D eigenvalue weighted by atomic mass is 9.71. The molecule has 6 heteroatoms. The van der Waals surface area contributed by atoms with Gasteiger partial charge in [0, 0.05) is 4.47 Å². The first-order chi connectivity index (χ1) is 10.2. The summed E-state index contributed by atoms with van der Waals surface area (Å²) in [5, 5.41) is 1.41. The van der Waals surface area contributed by atoms with Gasteiger partial charge < -0.3 is 5.32 Å². The van der Waals surface area contributed by atoms with Crippen LogP contribution in [0.3, 0.4) is 0 Å². The first kappa shape index (κ1) is 17.5. The number of amides is 1. The highest BCUT2D eigenvalue weighted by Crippen LogP contribution is 2.42. The molecule has 2 rings (SSSR count). The minimum atomic E-state index is -3.44. The van der Waals surface area contributed by atoms with E-state index in [1.807, 2.05) is 24.3 Å². The fraction of sp³-hybridized carbons (Fsp3) is 0.562. The van der Waals surface area contributed by atoms with Crippen molar-refractivity contribution in [1.82, 2.24) is 5.32 Å². The number of rotatable bonds is 5. The topological polar surface area (TPSA) is 63.2 Å². The van der Waals surface area contributed by atoms with Gasteiger partial charge in [0.1, 0.15) is 5.25 Å². The third kappa shape index (κ3) is 3.23. The number of benzene rings is 1. The Labute approximate surface area is 140 Å². The van der Waals surface area contributed by atoms with Crippen molar-refractivity contribution in [3.8, 4) is 0 Å². The Morgan fingerprint density at radius 1 is 1.27 bits per heavy atom. The smallest absolute Gasteiger partial charge is 0.238 e. The Hall–Kier alpha value is -0.880. The summed E-state index contributed by atoms with van der Waals surface area (Å²) in [6, 6.07) is 7.83. The highest BCUT2D eigenvalue weighted by atomic mass is 79.9. The van der Waals surface area contributed by atoms with Crippen LogP contribution in [0, 0.1) is 0 Å².